The number of nitrogens with zero attached hydrogens (tertiary/aromatic N) is 4. The molecule has 0 radical (unpaired) electrons. The van der Waals surface area contributed by atoms with Crippen LogP contribution >= 0.6 is 0 Å². The molecule has 0 saturated carbocycles. The van der Waals surface area contributed by atoms with Crippen LogP contribution in [0.3, 0.4) is 0 Å². The van der Waals surface area contributed by atoms with Crippen molar-refractivity contribution in [3.05, 3.63) is 15.8 Å². The zero-order valence-corrected chi connectivity index (χ0v) is 12.1. The summed E-state index contributed by atoms with van der Waals surface area (Å²) in [4.78, 5) is 31.2. The Hall–Kier alpha value is -2.49. The van der Waals surface area contributed by atoms with Gasteiger partial charge in [-0.2, -0.15) is 4.98 Å². The number of ether oxygens (including phenoxy) is 1. The van der Waals surface area contributed by atoms with E-state index in [0.717, 1.165) is 0 Å². The maximum Gasteiger partial charge on any atom is 0.332 e. The average molecular weight is 298 g/mol. The highest BCUT2D eigenvalue weighted by Gasteiger charge is 2.25. The number of methoxy groups -OCH3 is 1. The van der Waals surface area contributed by atoms with Gasteiger partial charge < -0.3 is 20.7 Å². The van der Waals surface area contributed by atoms with Crippen LogP contribution < -0.4 is 16.0 Å². The third-order valence-electron chi connectivity index (χ3n) is 2.61. The maximum absolute atomic E-state index is 11.7. The number of anilines is 2. The van der Waals surface area contributed by atoms with Crippen LogP contribution in [0.1, 0.15) is 5.69 Å². The molecule has 116 valence electrons. The molecular formula is C11H18N6O4. The number of amides is 1. The first-order valence-corrected chi connectivity index (χ1v) is 6.12. The number of rotatable bonds is 7. The predicted octanol–water partition coefficient (Wildman–Crippen LogP) is -0.526. The van der Waals surface area contributed by atoms with Gasteiger partial charge in [-0.15, -0.1) is 0 Å². The lowest BCUT2D eigenvalue weighted by Crippen LogP contribution is -2.37. The lowest BCUT2D eigenvalue weighted by Gasteiger charge is -2.18. The SMILES string of the molecule is COCCNC(=O)CN(C)c1nc(N)nc(C)c1[N+](=O)[O-]. The van der Waals surface area contributed by atoms with E-state index in [9.17, 15) is 14.9 Å². The van der Waals surface area contributed by atoms with Crippen molar-refractivity contribution in [2.45, 2.75) is 6.92 Å². The van der Waals surface area contributed by atoms with E-state index in [2.05, 4.69) is 15.3 Å². The second-order valence-corrected chi connectivity index (χ2v) is 4.30. The van der Waals surface area contributed by atoms with Crippen molar-refractivity contribution in [3.8, 4) is 0 Å². The number of hydrogen-bond acceptors (Lipinski definition) is 8. The molecule has 1 aromatic rings. The van der Waals surface area contributed by atoms with E-state index in [4.69, 9.17) is 10.5 Å². The van der Waals surface area contributed by atoms with Gasteiger partial charge in [0.25, 0.3) is 0 Å². The van der Waals surface area contributed by atoms with Crippen LogP contribution in [0.5, 0.6) is 0 Å². The molecule has 1 amide bonds. The van der Waals surface area contributed by atoms with Crippen LogP contribution in [0.2, 0.25) is 0 Å². The average Bonchev–Trinajstić information content (AvgIpc) is 2.37. The second kappa shape index (κ2) is 7.33. The molecular weight excluding hydrogens is 280 g/mol. The molecule has 0 aliphatic heterocycles. The van der Waals surface area contributed by atoms with E-state index in [1.165, 1.54) is 26.0 Å². The fourth-order valence-electron chi connectivity index (χ4n) is 1.69. The Labute approximate surface area is 121 Å². The number of aryl methyl sites for hydroxylation is 1. The van der Waals surface area contributed by atoms with E-state index in [0.29, 0.717) is 13.2 Å². The molecule has 10 nitrogen and oxygen atoms in total. The predicted molar refractivity (Wildman–Crippen MR) is 76.0 cm³/mol. The molecule has 21 heavy (non-hydrogen) atoms. The summed E-state index contributed by atoms with van der Waals surface area (Å²) in [7, 11) is 3.04. The summed E-state index contributed by atoms with van der Waals surface area (Å²) in [5, 5.41) is 13.7. The Morgan fingerprint density at radius 2 is 2.19 bits per heavy atom. The van der Waals surface area contributed by atoms with Crippen LogP contribution in [-0.4, -0.2) is 54.7 Å². The summed E-state index contributed by atoms with van der Waals surface area (Å²) in [6.45, 7) is 2.11. The number of nitrogens with two attached hydrogens (primary N) is 1. The maximum atomic E-state index is 11.7. The molecule has 0 bridgehead atoms. The van der Waals surface area contributed by atoms with Crippen molar-refractivity contribution in [3.63, 3.8) is 0 Å². The number of likely N-dealkylation sites (N-methyl/N-ethyl adjacent to an activating group) is 1. The van der Waals surface area contributed by atoms with Crippen LogP contribution in [0.4, 0.5) is 17.5 Å². The van der Waals surface area contributed by atoms with Gasteiger partial charge in [0.2, 0.25) is 17.7 Å². The molecule has 1 heterocycles. The normalized spacial score (nSPS) is 10.2. The highest BCUT2D eigenvalue weighted by atomic mass is 16.6. The number of nitrogen functional groups attached to an aromatic ring is 1. The zero-order chi connectivity index (χ0) is 16.0. The highest BCUT2D eigenvalue weighted by Crippen LogP contribution is 2.28. The van der Waals surface area contributed by atoms with E-state index < -0.39 is 4.92 Å². The number of nitrogens with one attached hydrogen (secondary N) is 1. The molecule has 0 atom stereocenters. The van der Waals surface area contributed by atoms with E-state index >= 15 is 0 Å². The minimum atomic E-state index is -0.594. The number of aromatic nitrogens is 2. The van der Waals surface area contributed by atoms with Gasteiger partial charge in [0.15, 0.2) is 0 Å². The van der Waals surface area contributed by atoms with Crippen molar-refractivity contribution in [1.82, 2.24) is 15.3 Å². The number of carbonyl (C=O) groups excluding carboxylic acids is 1. The van der Waals surface area contributed by atoms with Crippen LogP contribution in [0.25, 0.3) is 0 Å². The van der Waals surface area contributed by atoms with Gasteiger partial charge in [0, 0.05) is 20.7 Å². The molecule has 0 aliphatic rings. The summed E-state index contributed by atoms with van der Waals surface area (Å²) in [5.74, 6) is -0.384. The van der Waals surface area contributed by atoms with Gasteiger partial charge in [-0.3, -0.25) is 14.9 Å². The Morgan fingerprint density at radius 3 is 2.76 bits per heavy atom. The first-order valence-electron chi connectivity index (χ1n) is 6.12. The largest absolute Gasteiger partial charge is 0.383 e. The molecule has 0 spiro atoms. The molecule has 0 aliphatic carbocycles. The lowest BCUT2D eigenvalue weighted by molar-refractivity contribution is -0.385. The van der Waals surface area contributed by atoms with Crippen molar-refractivity contribution in [2.75, 3.05) is 44.5 Å². The lowest BCUT2D eigenvalue weighted by atomic mass is 10.3. The monoisotopic (exact) mass is 298 g/mol. The third kappa shape index (κ3) is 4.53. The highest BCUT2D eigenvalue weighted by molar-refractivity contribution is 5.82. The van der Waals surface area contributed by atoms with Gasteiger partial charge in [-0.05, 0) is 6.92 Å². The number of nitro groups is 1. The van der Waals surface area contributed by atoms with Crippen LogP contribution in [-0.2, 0) is 9.53 Å². The summed E-state index contributed by atoms with van der Waals surface area (Å²) >= 11 is 0. The Morgan fingerprint density at radius 1 is 1.52 bits per heavy atom. The first-order chi connectivity index (χ1) is 9.86. The quantitative estimate of drug-likeness (QED) is 0.389. The van der Waals surface area contributed by atoms with Crippen molar-refractivity contribution in [2.24, 2.45) is 0 Å². The Kier molecular flexibility index (Phi) is 5.79. The van der Waals surface area contributed by atoms with Crippen molar-refractivity contribution in [1.29, 1.82) is 0 Å². The second-order valence-electron chi connectivity index (χ2n) is 4.30. The van der Waals surface area contributed by atoms with Gasteiger partial charge in [-0.25, -0.2) is 4.98 Å². The molecule has 0 unspecified atom stereocenters. The molecule has 3 N–H and O–H groups in total. The molecule has 1 aromatic heterocycles. The number of hydrogen-bond donors (Lipinski definition) is 2. The summed E-state index contributed by atoms with van der Waals surface area (Å²) in [5.41, 5.74) is 5.39. The molecule has 0 saturated heterocycles. The zero-order valence-electron chi connectivity index (χ0n) is 12.1. The summed E-state index contributed by atoms with van der Waals surface area (Å²) in [6, 6.07) is 0. The number of carbonyl (C=O) groups is 1. The van der Waals surface area contributed by atoms with Gasteiger partial charge in [0.05, 0.1) is 18.1 Å². The smallest absolute Gasteiger partial charge is 0.332 e. The third-order valence-corrected chi connectivity index (χ3v) is 2.61. The van der Waals surface area contributed by atoms with Gasteiger partial charge in [-0.1, -0.05) is 0 Å². The molecule has 0 fully saturated rings. The Balaban J connectivity index is 2.89. The van der Waals surface area contributed by atoms with Crippen LogP contribution in [0.15, 0.2) is 0 Å². The standard InChI is InChI=1S/C11H18N6O4/c1-7-9(17(19)20)10(15-11(12)14-7)16(2)6-8(18)13-4-5-21-3/h4-6H2,1-3H3,(H,13,18)(H2,12,14,15). The molecule has 0 aromatic carbocycles. The van der Waals surface area contributed by atoms with E-state index in [1.54, 1.807) is 0 Å². The van der Waals surface area contributed by atoms with Crippen LogP contribution in [0, 0.1) is 17.0 Å². The minimum Gasteiger partial charge on any atom is -0.383 e. The molecule has 10 heteroatoms. The van der Waals surface area contributed by atoms with Crippen molar-refractivity contribution < 1.29 is 14.5 Å². The van der Waals surface area contributed by atoms with Gasteiger partial charge >= 0.3 is 5.69 Å². The first kappa shape index (κ1) is 16.6. The fourth-order valence-corrected chi connectivity index (χ4v) is 1.69. The minimum absolute atomic E-state index is 0.00638. The topological polar surface area (TPSA) is 137 Å². The Bertz CT molecular complexity index is 536. The summed E-state index contributed by atoms with van der Waals surface area (Å²) < 4.78 is 4.81. The fraction of sp³-hybridized carbons (Fsp3) is 0.545. The molecule has 1 rings (SSSR count). The van der Waals surface area contributed by atoms with E-state index in [1.807, 2.05) is 0 Å². The van der Waals surface area contributed by atoms with E-state index in [-0.39, 0.29) is 35.6 Å². The van der Waals surface area contributed by atoms with Crippen molar-refractivity contribution >= 4 is 23.4 Å². The summed E-state index contributed by atoms with van der Waals surface area (Å²) in [6.07, 6.45) is 0. The van der Waals surface area contributed by atoms with Gasteiger partial charge in [0.1, 0.15) is 5.69 Å².